The van der Waals surface area contributed by atoms with Crippen LogP contribution in [0.15, 0.2) is 18.7 Å². The SMILES string of the molecule is CCCCC(C)CCn1ccnc1. The molecular weight excluding hydrogens is 160 g/mol. The van der Waals surface area contributed by atoms with Crippen LogP contribution < -0.4 is 0 Å². The minimum absolute atomic E-state index is 0.849. The van der Waals surface area contributed by atoms with Crippen molar-refractivity contribution in [2.75, 3.05) is 0 Å². The molecular formula is C11H20N2. The van der Waals surface area contributed by atoms with Gasteiger partial charge in [-0.3, -0.25) is 0 Å². The molecule has 0 fully saturated rings. The van der Waals surface area contributed by atoms with Crippen LogP contribution in [-0.4, -0.2) is 9.55 Å². The maximum Gasteiger partial charge on any atom is 0.0945 e. The zero-order valence-electron chi connectivity index (χ0n) is 8.74. The van der Waals surface area contributed by atoms with E-state index in [2.05, 4.69) is 23.4 Å². The van der Waals surface area contributed by atoms with Crippen LogP contribution in [0.3, 0.4) is 0 Å². The molecule has 1 aromatic rings. The summed E-state index contributed by atoms with van der Waals surface area (Å²) in [5.41, 5.74) is 0. The number of rotatable bonds is 6. The van der Waals surface area contributed by atoms with E-state index in [1.54, 1.807) is 0 Å². The lowest BCUT2D eigenvalue weighted by Gasteiger charge is -2.10. The highest BCUT2D eigenvalue weighted by Gasteiger charge is 2.00. The largest absolute Gasteiger partial charge is 0.337 e. The third-order valence-electron chi connectivity index (χ3n) is 2.49. The van der Waals surface area contributed by atoms with Crippen molar-refractivity contribution in [2.45, 2.75) is 46.1 Å². The summed E-state index contributed by atoms with van der Waals surface area (Å²) < 4.78 is 2.16. The van der Waals surface area contributed by atoms with Crippen LogP contribution in [0.2, 0.25) is 0 Å². The van der Waals surface area contributed by atoms with Crippen LogP contribution in [-0.2, 0) is 6.54 Å². The summed E-state index contributed by atoms with van der Waals surface area (Å²) in [6.07, 6.45) is 11.1. The van der Waals surface area contributed by atoms with Crippen molar-refractivity contribution in [3.8, 4) is 0 Å². The third-order valence-corrected chi connectivity index (χ3v) is 2.49. The maximum absolute atomic E-state index is 4.03. The second-order valence-corrected chi connectivity index (χ2v) is 3.84. The van der Waals surface area contributed by atoms with Crippen LogP contribution in [0.4, 0.5) is 0 Å². The fourth-order valence-corrected chi connectivity index (χ4v) is 1.49. The number of aromatic nitrogens is 2. The van der Waals surface area contributed by atoms with Gasteiger partial charge in [-0.25, -0.2) is 4.98 Å². The predicted molar refractivity (Wildman–Crippen MR) is 55.5 cm³/mol. The van der Waals surface area contributed by atoms with Gasteiger partial charge in [0, 0.05) is 18.9 Å². The van der Waals surface area contributed by atoms with Gasteiger partial charge in [0.15, 0.2) is 0 Å². The highest BCUT2D eigenvalue weighted by Crippen LogP contribution is 2.12. The van der Waals surface area contributed by atoms with E-state index in [0.717, 1.165) is 12.5 Å². The van der Waals surface area contributed by atoms with E-state index in [1.165, 1.54) is 25.7 Å². The molecule has 0 aliphatic carbocycles. The molecule has 0 N–H and O–H groups in total. The Bertz CT molecular complexity index is 204. The van der Waals surface area contributed by atoms with E-state index in [-0.39, 0.29) is 0 Å². The number of aryl methyl sites for hydroxylation is 1. The average molecular weight is 180 g/mol. The van der Waals surface area contributed by atoms with Crippen LogP contribution in [0, 0.1) is 5.92 Å². The van der Waals surface area contributed by atoms with Crippen LogP contribution in [0.1, 0.15) is 39.5 Å². The summed E-state index contributed by atoms with van der Waals surface area (Å²) in [5.74, 6) is 0.849. The van der Waals surface area contributed by atoms with Crippen molar-refractivity contribution in [3.63, 3.8) is 0 Å². The molecule has 1 unspecified atom stereocenters. The molecule has 2 heteroatoms. The average Bonchev–Trinajstić information content (AvgIpc) is 2.64. The summed E-state index contributed by atoms with van der Waals surface area (Å²) in [5, 5.41) is 0. The van der Waals surface area contributed by atoms with Crippen molar-refractivity contribution in [2.24, 2.45) is 5.92 Å². The molecule has 1 atom stereocenters. The molecule has 1 rings (SSSR count). The number of imidazole rings is 1. The Hall–Kier alpha value is -0.790. The fourth-order valence-electron chi connectivity index (χ4n) is 1.49. The van der Waals surface area contributed by atoms with Gasteiger partial charge in [0.05, 0.1) is 6.33 Å². The zero-order valence-corrected chi connectivity index (χ0v) is 8.74. The van der Waals surface area contributed by atoms with E-state index in [4.69, 9.17) is 0 Å². The monoisotopic (exact) mass is 180 g/mol. The molecule has 1 aromatic heterocycles. The summed E-state index contributed by atoms with van der Waals surface area (Å²) in [6.45, 7) is 5.71. The second kappa shape index (κ2) is 5.79. The first-order chi connectivity index (χ1) is 6.33. The molecule has 1 heterocycles. The lowest BCUT2D eigenvalue weighted by molar-refractivity contribution is 0.437. The first-order valence-corrected chi connectivity index (χ1v) is 5.28. The van der Waals surface area contributed by atoms with Gasteiger partial charge < -0.3 is 4.57 Å². The van der Waals surface area contributed by atoms with Gasteiger partial charge in [-0.1, -0.05) is 33.1 Å². The molecule has 0 saturated heterocycles. The van der Waals surface area contributed by atoms with E-state index in [1.807, 2.05) is 18.7 Å². The minimum atomic E-state index is 0.849. The van der Waals surface area contributed by atoms with E-state index < -0.39 is 0 Å². The molecule has 0 aliphatic heterocycles. The van der Waals surface area contributed by atoms with Crippen molar-refractivity contribution in [1.29, 1.82) is 0 Å². The Balaban J connectivity index is 2.11. The van der Waals surface area contributed by atoms with Gasteiger partial charge in [-0.15, -0.1) is 0 Å². The van der Waals surface area contributed by atoms with Gasteiger partial charge >= 0.3 is 0 Å². The van der Waals surface area contributed by atoms with Crippen LogP contribution in [0.5, 0.6) is 0 Å². The Morgan fingerprint density at radius 3 is 2.85 bits per heavy atom. The van der Waals surface area contributed by atoms with Crippen molar-refractivity contribution in [1.82, 2.24) is 9.55 Å². The molecule has 74 valence electrons. The Kier molecular flexibility index (Phi) is 4.58. The van der Waals surface area contributed by atoms with E-state index >= 15 is 0 Å². The maximum atomic E-state index is 4.03. The Labute approximate surface area is 81.0 Å². The topological polar surface area (TPSA) is 17.8 Å². The first-order valence-electron chi connectivity index (χ1n) is 5.28. The molecule has 0 spiro atoms. The molecule has 2 nitrogen and oxygen atoms in total. The smallest absolute Gasteiger partial charge is 0.0945 e. The summed E-state index contributed by atoms with van der Waals surface area (Å²) >= 11 is 0. The zero-order chi connectivity index (χ0) is 9.52. The molecule has 0 saturated carbocycles. The lowest BCUT2D eigenvalue weighted by Crippen LogP contribution is -2.01. The number of unbranched alkanes of at least 4 members (excludes halogenated alkanes) is 1. The quantitative estimate of drug-likeness (QED) is 0.657. The molecule has 0 aromatic carbocycles. The second-order valence-electron chi connectivity index (χ2n) is 3.84. The van der Waals surface area contributed by atoms with Crippen molar-refractivity contribution >= 4 is 0 Å². The number of hydrogen-bond donors (Lipinski definition) is 0. The van der Waals surface area contributed by atoms with Crippen LogP contribution in [0.25, 0.3) is 0 Å². The van der Waals surface area contributed by atoms with Crippen molar-refractivity contribution < 1.29 is 0 Å². The van der Waals surface area contributed by atoms with Gasteiger partial charge in [-0.2, -0.15) is 0 Å². The Morgan fingerprint density at radius 1 is 1.38 bits per heavy atom. The third kappa shape index (κ3) is 4.11. The first kappa shape index (κ1) is 10.3. The summed E-state index contributed by atoms with van der Waals surface area (Å²) in [4.78, 5) is 4.03. The number of hydrogen-bond acceptors (Lipinski definition) is 1. The highest BCUT2D eigenvalue weighted by atomic mass is 15.0. The van der Waals surface area contributed by atoms with Gasteiger partial charge in [0.1, 0.15) is 0 Å². The standard InChI is InChI=1S/C11H20N2/c1-3-4-5-11(2)6-8-13-9-7-12-10-13/h7,9-11H,3-6,8H2,1-2H3. The van der Waals surface area contributed by atoms with Gasteiger partial charge in [-0.05, 0) is 12.3 Å². The van der Waals surface area contributed by atoms with E-state index in [0.29, 0.717) is 0 Å². The highest BCUT2D eigenvalue weighted by molar-refractivity contribution is 4.74. The predicted octanol–water partition coefficient (Wildman–Crippen LogP) is 3.10. The molecule has 0 radical (unpaired) electrons. The minimum Gasteiger partial charge on any atom is -0.337 e. The summed E-state index contributed by atoms with van der Waals surface area (Å²) in [6, 6.07) is 0. The lowest BCUT2D eigenvalue weighted by atomic mass is 10.0. The van der Waals surface area contributed by atoms with Crippen LogP contribution >= 0.6 is 0 Å². The summed E-state index contributed by atoms with van der Waals surface area (Å²) in [7, 11) is 0. The van der Waals surface area contributed by atoms with Gasteiger partial charge in [0.25, 0.3) is 0 Å². The fraction of sp³-hybridized carbons (Fsp3) is 0.727. The molecule has 0 bridgehead atoms. The molecule has 0 aliphatic rings. The van der Waals surface area contributed by atoms with Gasteiger partial charge in [0.2, 0.25) is 0 Å². The normalized spacial score (nSPS) is 13.1. The van der Waals surface area contributed by atoms with Crippen molar-refractivity contribution in [3.05, 3.63) is 18.7 Å². The van der Waals surface area contributed by atoms with E-state index in [9.17, 15) is 0 Å². The Morgan fingerprint density at radius 2 is 2.23 bits per heavy atom. The number of nitrogens with zero attached hydrogens (tertiary/aromatic N) is 2. The molecule has 0 amide bonds. The molecule has 13 heavy (non-hydrogen) atoms.